The van der Waals surface area contributed by atoms with Crippen molar-refractivity contribution in [3.05, 3.63) is 24.1 Å². The van der Waals surface area contributed by atoms with Crippen molar-refractivity contribution in [2.45, 2.75) is 23.9 Å². The quantitative estimate of drug-likeness (QED) is 0.827. The molecule has 1 aliphatic rings. The van der Waals surface area contributed by atoms with Gasteiger partial charge in [0, 0.05) is 25.3 Å². The summed E-state index contributed by atoms with van der Waals surface area (Å²) in [6, 6.07) is 2.40. The first kappa shape index (κ1) is 14.4. The van der Waals surface area contributed by atoms with E-state index in [1.165, 1.54) is 16.6 Å². The lowest BCUT2D eigenvalue weighted by molar-refractivity contribution is 0.290. The third-order valence-corrected chi connectivity index (χ3v) is 5.06. The second-order valence-electron chi connectivity index (χ2n) is 4.96. The number of aromatic nitrogens is 1. The Morgan fingerprint density at radius 2 is 2.26 bits per heavy atom. The van der Waals surface area contributed by atoms with Gasteiger partial charge >= 0.3 is 0 Å². The molecule has 0 aromatic carbocycles. The van der Waals surface area contributed by atoms with Gasteiger partial charge in [0.25, 0.3) is 10.0 Å². The Morgan fingerprint density at radius 1 is 1.53 bits per heavy atom. The number of sulfonamides is 1. The molecule has 19 heavy (non-hydrogen) atoms. The fraction of sp³-hybridized carbons (Fsp3) is 0.583. The average molecular weight is 287 g/mol. The molecule has 0 spiro atoms. The van der Waals surface area contributed by atoms with Gasteiger partial charge in [-0.25, -0.2) is 17.8 Å². The van der Waals surface area contributed by atoms with Crippen LogP contribution in [0.4, 0.5) is 4.39 Å². The van der Waals surface area contributed by atoms with E-state index in [4.69, 9.17) is 0 Å². The lowest BCUT2D eigenvalue weighted by atomic mass is 10.2. The van der Waals surface area contributed by atoms with Crippen LogP contribution in [0.15, 0.2) is 23.4 Å². The topological polar surface area (TPSA) is 53.5 Å². The second-order valence-corrected chi connectivity index (χ2v) is 6.77. The number of hydrogen-bond donors (Lipinski definition) is 0. The molecule has 1 saturated heterocycles. The van der Waals surface area contributed by atoms with Gasteiger partial charge in [0.05, 0.1) is 0 Å². The largest absolute Gasteiger partial charge is 0.308 e. The Bertz CT molecular complexity index is 548. The Hall–Kier alpha value is -1.05. The molecule has 106 valence electrons. The maximum Gasteiger partial charge on any atom is 0.263 e. The number of pyridine rings is 1. The maximum absolute atomic E-state index is 13.6. The highest BCUT2D eigenvalue weighted by Gasteiger charge is 2.37. The van der Waals surface area contributed by atoms with E-state index < -0.39 is 20.9 Å². The maximum atomic E-state index is 13.6. The summed E-state index contributed by atoms with van der Waals surface area (Å²) in [6.45, 7) is 1.06. The van der Waals surface area contributed by atoms with Crippen LogP contribution < -0.4 is 0 Å². The Balaban J connectivity index is 2.32. The summed E-state index contributed by atoms with van der Waals surface area (Å²) < 4.78 is 39.9. The average Bonchev–Trinajstić information content (AvgIpc) is 2.77. The zero-order chi connectivity index (χ0) is 14.0. The van der Waals surface area contributed by atoms with E-state index in [2.05, 4.69) is 4.98 Å². The van der Waals surface area contributed by atoms with Gasteiger partial charge in [0.15, 0.2) is 5.82 Å². The third-order valence-electron chi connectivity index (χ3n) is 3.18. The van der Waals surface area contributed by atoms with E-state index in [9.17, 15) is 12.8 Å². The van der Waals surface area contributed by atoms with E-state index in [0.29, 0.717) is 13.1 Å². The van der Waals surface area contributed by atoms with Crippen LogP contribution in [0.3, 0.4) is 0 Å². The van der Waals surface area contributed by atoms with E-state index in [0.717, 1.165) is 18.9 Å². The monoisotopic (exact) mass is 287 g/mol. The zero-order valence-electron chi connectivity index (χ0n) is 11.1. The van der Waals surface area contributed by atoms with Gasteiger partial charge in [-0.3, -0.25) is 0 Å². The summed E-state index contributed by atoms with van der Waals surface area (Å²) in [6.07, 6.45) is 2.89. The van der Waals surface area contributed by atoms with Gasteiger partial charge in [-0.05, 0) is 39.1 Å². The van der Waals surface area contributed by atoms with Gasteiger partial charge in [0.2, 0.25) is 5.03 Å². The molecular weight excluding hydrogens is 269 g/mol. The first-order valence-electron chi connectivity index (χ1n) is 6.20. The highest BCUT2D eigenvalue weighted by molar-refractivity contribution is 7.89. The van der Waals surface area contributed by atoms with Gasteiger partial charge in [-0.1, -0.05) is 0 Å². The number of nitrogens with zero attached hydrogens (tertiary/aromatic N) is 3. The molecule has 5 nitrogen and oxygen atoms in total. The number of halogens is 1. The minimum absolute atomic E-state index is 0.110. The van der Waals surface area contributed by atoms with Crippen LogP contribution in [0, 0.1) is 5.82 Å². The Morgan fingerprint density at radius 3 is 2.89 bits per heavy atom. The predicted octanol–water partition coefficient (Wildman–Crippen LogP) is 0.935. The summed E-state index contributed by atoms with van der Waals surface area (Å²) >= 11 is 0. The molecule has 1 fully saturated rings. The van der Waals surface area contributed by atoms with E-state index >= 15 is 0 Å². The highest BCUT2D eigenvalue weighted by atomic mass is 32.2. The van der Waals surface area contributed by atoms with Gasteiger partial charge in [-0.2, -0.15) is 4.31 Å². The van der Waals surface area contributed by atoms with Crippen molar-refractivity contribution >= 4 is 10.0 Å². The molecule has 0 aliphatic carbocycles. The van der Waals surface area contributed by atoms with Crippen molar-refractivity contribution < 1.29 is 12.8 Å². The number of hydrogen-bond acceptors (Lipinski definition) is 4. The summed E-state index contributed by atoms with van der Waals surface area (Å²) in [4.78, 5) is 5.63. The molecule has 0 amide bonds. The molecular formula is C12H18FN3O2S. The molecule has 1 unspecified atom stereocenters. The van der Waals surface area contributed by atoms with Crippen molar-refractivity contribution in [2.24, 2.45) is 0 Å². The molecule has 0 saturated carbocycles. The minimum Gasteiger partial charge on any atom is -0.308 e. The Labute approximate surface area is 113 Å². The van der Waals surface area contributed by atoms with Crippen LogP contribution in [-0.4, -0.2) is 55.8 Å². The molecule has 2 rings (SSSR count). The lowest BCUT2D eigenvalue weighted by Crippen LogP contribution is -2.41. The highest BCUT2D eigenvalue weighted by Crippen LogP contribution is 2.26. The van der Waals surface area contributed by atoms with Gasteiger partial charge in [-0.15, -0.1) is 0 Å². The van der Waals surface area contributed by atoms with Gasteiger partial charge < -0.3 is 4.90 Å². The van der Waals surface area contributed by atoms with Gasteiger partial charge in [0.1, 0.15) is 0 Å². The van der Waals surface area contributed by atoms with Crippen molar-refractivity contribution in [1.29, 1.82) is 0 Å². The van der Waals surface area contributed by atoms with Crippen molar-refractivity contribution in [1.82, 2.24) is 14.2 Å². The molecule has 1 atom stereocenters. The molecule has 7 heteroatoms. The van der Waals surface area contributed by atoms with Crippen LogP contribution in [0.5, 0.6) is 0 Å². The fourth-order valence-electron chi connectivity index (χ4n) is 2.40. The molecule has 1 aromatic heterocycles. The second kappa shape index (κ2) is 5.52. The van der Waals surface area contributed by atoms with Crippen LogP contribution >= 0.6 is 0 Å². The number of rotatable bonds is 4. The fourth-order valence-corrected chi connectivity index (χ4v) is 4.07. The minimum atomic E-state index is -3.84. The lowest BCUT2D eigenvalue weighted by Gasteiger charge is -2.26. The van der Waals surface area contributed by atoms with Crippen LogP contribution in [-0.2, 0) is 10.0 Å². The molecule has 1 aromatic rings. The first-order valence-corrected chi connectivity index (χ1v) is 7.64. The SMILES string of the molecule is CN(C)CC1CCCN1S(=O)(=O)c1ncccc1F. The standard InChI is InChI=1S/C12H18FN3O2S/c1-15(2)9-10-5-4-8-16(10)19(17,18)12-11(13)6-3-7-14-12/h3,6-7,10H,4-5,8-9H2,1-2H3. The smallest absolute Gasteiger partial charge is 0.263 e. The molecule has 2 heterocycles. The predicted molar refractivity (Wildman–Crippen MR) is 69.7 cm³/mol. The molecule has 0 N–H and O–H groups in total. The van der Waals surface area contributed by atoms with E-state index in [1.807, 2.05) is 19.0 Å². The van der Waals surface area contributed by atoms with Crippen LogP contribution in [0.25, 0.3) is 0 Å². The summed E-state index contributed by atoms with van der Waals surface area (Å²) in [5.41, 5.74) is 0. The summed E-state index contributed by atoms with van der Waals surface area (Å²) in [5, 5.41) is -0.472. The van der Waals surface area contributed by atoms with Crippen LogP contribution in [0.1, 0.15) is 12.8 Å². The zero-order valence-corrected chi connectivity index (χ0v) is 11.9. The van der Waals surface area contributed by atoms with Crippen molar-refractivity contribution in [3.8, 4) is 0 Å². The number of likely N-dealkylation sites (N-methyl/N-ethyl adjacent to an activating group) is 1. The molecule has 0 radical (unpaired) electrons. The van der Waals surface area contributed by atoms with Crippen molar-refractivity contribution in [3.63, 3.8) is 0 Å². The molecule has 1 aliphatic heterocycles. The third kappa shape index (κ3) is 2.93. The normalized spacial score (nSPS) is 21.2. The van der Waals surface area contributed by atoms with Crippen molar-refractivity contribution in [2.75, 3.05) is 27.2 Å². The summed E-state index contributed by atoms with van der Waals surface area (Å²) in [7, 11) is -0.0570. The molecule has 0 bridgehead atoms. The van der Waals surface area contributed by atoms with E-state index in [-0.39, 0.29) is 6.04 Å². The Kier molecular flexibility index (Phi) is 4.17. The first-order chi connectivity index (χ1) is 8.93. The summed E-state index contributed by atoms with van der Waals surface area (Å²) in [5.74, 6) is -0.794. The van der Waals surface area contributed by atoms with Crippen LogP contribution in [0.2, 0.25) is 0 Å². The van der Waals surface area contributed by atoms with E-state index in [1.54, 1.807) is 0 Å².